The van der Waals surface area contributed by atoms with Gasteiger partial charge in [0.15, 0.2) is 0 Å². The summed E-state index contributed by atoms with van der Waals surface area (Å²) in [5, 5.41) is 0.978. The molecule has 0 fully saturated rings. The van der Waals surface area contributed by atoms with Gasteiger partial charge in [0, 0.05) is 11.6 Å². The average molecular weight is 257 g/mol. The molecule has 0 aliphatic rings. The van der Waals surface area contributed by atoms with Crippen molar-refractivity contribution in [3.8, 4) is 5.75 Å². The van der Waals surface area contributed by atoms with Crippen LogP contribution in [0.15, 0.2) is 30.5 Å². The first kappa shape index (κ1) is 13.5. The molecule has 0 saturated carbocycles. The van der Waals surface area contributed by atoms with Gasteiger partial charge in [-0.15, -0.1) is 0 Å². The third-order valence-corrected chi connectivity index (χ3v) is 2.80. The number of esters is 1. The lowest BCUT2D eigenvalue weighted by molar-refractivity contribution is -0.136. The average Bonchev–Trinajstić information content (AvgIpc) is 2.27. The van der Waals surface area contributed by atoms with Crippen LogP contribution >= 0.6 is 0 Å². The third-order valence-electron chi connectivity index (χ3n) is 2.80. The first-order valence-electron chi connectivity index (χ1n) is 6.41. The van der Waals surface area contributed by atoms with Crippen LogP contribution in [0.1, 0.15) is 32.8 Å². The van der Waals surface area contributed by atoms with Crippen LogP contribution in [-0.4, -0.2) is 11.0 Å². The predicted molar refractivity (Wildman–Crippen MR) is 76.2 cm³/mol. The molecule has 100 valence electrons. The number of fused-ring (bicyclic) bond motifs is 1. The Bertz CT molecular complexity index is 612. The highest BCUT2D eigenvalue weighted by molar-refractivity contribution is 5.83. The molecule has 0 spiro atoms. The smallest absolute Gasteiger partial charge is 0.311 e. The molecule has 3 heteroatoms. The van der Waals surface area contributed by atoms with Crippen LogP contribution in [0.4, 0.5) is 0 Å². The van der Waals surface area contributed by atoms with Crippen LogP contribution in [0.2, 0.25) is 0 Å². The first-order valence-corrected chi connectivity index (χ1v) is 6.41. The van der Waals surface area contributed by atoms with Gasteiger partial charge in [-0.2, -0.15) is 0 Å². The Labute approximate surface area is 113 Å². The SMILES string of the molecule is Cc1cc2ncccc2cc1OC(=O)CC(C)(C)C. The summed E-state index contributed by atoms with van der Waals surface area (Å²) in [7, 11) is 0. The maximum Gasteiger partial charge on any atom is 0.311 e. The monoisotopic (exact) mass is 257 g/mol. The van der Waals surface area contributed by atoms with E-state index in [0.717, 1.165) is 16.5 Å². The van der Waals surface area contributed by atoms with E-state index in [1.807, 2.05) is 52.0 Å². The predicted octanol–water partition coefficient (Wildman–Crippen LogP) is 3.88. The molecule has 0 radical (unpaired) electrons. The van der Waals surface area contributed by atoms with E-state index in [-0.39, 0.29) is 11.4 Å². The van der Waals surface area contributed by atoms with E-state index in [0.29, 0.717) is 12.2 Å². The second-order valence-electron chi connectivity index (χ2n) is 6.03. The quantitative estimate of drug-likeness (QED) is 0.605. The number of aryl methyl sites for hydroxylation is 1. The lowest BCUT2D eigenvalue weighted by Crippen LogP contribution is -2.18. The molecule has 19 heavy (non-hydrogen) atoms. The minimum absolute atomic E-state index is 0.0661. The summed E-state index contributed by atoms with van der Waals surface area (Å²) in [6.45, 7) is 7.98. The number of pyridine rings is 1. The van der Waals surface area contributed by atoms with Crippen molar-refractivity contribution in [3.05, 3.63) is 36.0 Å². The third kappa shape index (κ3) is 3.53. The van der Waals surface area contributed by atoms with Crippen LogP contribution in [0, 0.1) is 12.3 Å². The van der Waals surface area contributed by atoms with Crippen molar-refractivity contribution in [2.24, 2.45) is 5.41 Å². The Morgan fingerprint density at radius 2 is 2.05 bits per heavy atom. The van der Waals surface area contributed by atoms with E-state index in [1.165, 1.54) is 0 Å². The largest absolute Gasteiger partial charge is 0.426 e. The summed E-state index contributed by atoms with van der Waals surface area (Å²) >= 11 is 0. The number of hydrogen-bond donors (Lipinski definition) is 0. The van der Waals surface area contributed by atoms with Gasteiger partial charge in [0.2, 0.25) is 0 Å². The van der Waals surface area contributed by atoms with Crippen molar-refractivity contribution in [2.45, 2.75) is 34.1 Å². The molecule has 1 aromatic carbocycles. The lowest BCUT2D eigenvalue weighted by atomic mass is 9.92. The van der Waals surface area contributed by atoms with Crippen LogP contribution in [0.25, 0.3) is 10.9 Å². The molecular formula is C16H19NO2. The Morgan fingerprint density at radius 3 is 2.74 bits per heavy atom. The highest BCUT2D eigenvalue weighted by Gasteiger charge is 2.18. The number of aromatic nitrogens is 1. The first-order chi connectivity index (χ1) is 8.85. The minimum Gasteiger partial charge on any atom is -0.426 e. The summed E-state index contributed by atoms with van der Waals surface area (Å²) < 4.78 is 5.46. The highest BCUT2D eigenvalue weighted by Crippen LogP contribution is 2.26. The molecule has 0 N–H and O–H groups in total. The van der Waals surface area contributed by atoms with Crippen molar-refractivity contribution < 1.29 is 9.53 Å². The van der Waals surface area contributed by atoms with Crippen LogP contribution < -0.4 is 4.74 Å². The van der Waals surface area contributed by atoms with Gasteiger partial charge < -0.3 is 4.74 Å². The molecule has 0 unspecified atom stereocenters. The Balaban J connectivity index is 2.25. The fourth-order valence-corrected chi connectivity index (χ4v) is 1.91. The van der Waals surface area contributed by atoms with Crippen molar-refractivity contribution >= 4 is 16.9 Å². The number of benzene rings is 1. The van der Waals surface area contributed by atoms with E-state index in [9.17, 15) is 4.79 Å². The normalized spacial score (nSPS) is 11.6. The summed E-state index contributed by atoms with van der Waals surface area (Å²) in [4.78, 5) is 16.2. The minimum atomic E-state index is -0.196. The molecule has 0 bridgehead atoms. The Morgan fingerprint density at radius 1 is 1.32 bits per heavy atom. The summed E-state index contributed by atoms with van der Waals surface area (Å²) in [6.07, 6.45) is 2.16. The van der Waals surface area contributed by atoms with Gasteiger partial charge in [-0.1, -0.05) is 26.8 Å². The molecule has 1 aromatic heterocycles. The van der Waals surface area contributed by atoms with Gasteiger partial charge in [0.05, 0.1) is 11.9 Å². The maximum atomic E-state index is 11.9. The molecule has 3 nitrogen and oxygen atoms in total. The van der Waals surface area contributed by atoms with Gasteiger partial charge in [-0.05, 0) is 36.1 Å². The number of ether oxygens (including phenoxy) is 1. The van der Waals surface area contributed by atoms with E-state index < -0.39 is 0 Å². The summed E-state index contributed by atoms with van der Waals surface area (Å²) in [5.41, 5.74) is 1.77. The van der Waals surface area contributed by atoms with E-state index >= 15 is 0 Å². The molecule has 0 amide bonds. The molecule has 0 aliphatic heterocycles. The van der Waals surface area contributed by atoms with Crippen LogP contribution in [0.5, 0.6) is 5.75 Å². The molecule has 0 atom stereocenters. The Kier molecular flexibility index (Phi) is 3.56. The summed E-state index contributed by atoms with van der Waals surface area (Å²) in [5.74, 6) is 0.425. The van der Waals surface area contributed by atoms with Gasteiger partial charge >= 0.3 is 5.97 Å². The molecule has 0 saturated heterocycles. The highest BCUT2D eigenvalue weighted by atomic mass is 16.5. The van der Waals surface area contributed by atoms with Gasteiger partial charge in [-0.3, -0.25) is 9.78 Å². The number of hydrogen-bond acceptors (Lipinski definition) is 3. The molecule has 2 aromatic rings. The maximum absolute atomic E-state index is 11.9. The van der Waals surface area contributed by atoms with Gasteiger partial charge in [0.25, 0.3) is 0 Å². The zero-order valence-corrected chi connectivity index (χ0v) is 11.9. The van der Waals surface area contributed by atoms with Crippen molar-refractivity contribution in [2.75, 3.05) is 0 Å². The number of rotatable bonds is 2. The van der Waals surface area contributed by atoms with E-state index in [4.69, 9.17) is 4.74 Å². The van der Waals surface area contributed by atoms with Gasteiger partial charge in [-0.25, -0.2) is 0 Å². The Hall–Kier alpha value is -1.90. The van der Waals surface area contributed by atoms with Crippen molar-refractivity contribution in [1.29, 1.82) is 0 Å². The lowest BCUT2D eigenvalue weighted by Gasteiger charge is -2.17. The second-order valence-corrected chi connectivity index (χ2v) is 6.03. The van der Waals surface area contributed by atoms with E-state index in [1.54, 1.807) is 6.20 Å². The standard InChI is InChI=1S/C16H19NO2/c1-11-8-13-12(6-5-7-17-13)9-14(11)19-15(18)10-16(2,3)4/h5-9H,10H2,1-4H3. The zero-order chi connectivity index (χ0) is 14.0. The second kappa shape index (κ2) is 5.00. The van der Waals surface area contributed by atoms with Crippen molar-refractivity contribution in [3.63, 3.8) is 0 Å². The van der Waals surface area contributed by atoms with Gasteiger partial charge in [0.1, 0.15) is 5.75 Å². The molecular weight excluding hydrogens is 238 g/mol. The fourth-order valence-electron chi connectivity index (χ4n) is 1.91. The van der Waals surface area contributed by atoms with Crippen LogP contribution in [-0.2, 0) is 4.79 Å². The molecule has 2 rings (SSSR count). The fraction of sp³-hybridized carbons (Fsp3) is 0.375. The zero-order valence-electron chi connectivity index (χ0n) is 11.9. The topological polar surface area (TPSA) is 39.2 Å². The number of carbonyl (C=O) groups is 1. The number of carbonyl (C=O) groups excluding carboxylic acids is 1. The van der Waals surface area contributed by atoms with Crippen LogP contribution in [0.3, 0.4) is 0 Å². The van der Waals surface area contributed by atoms with E-state index in [2.05, 4.69) is 4.98 Å². The summed E-state index contributed by atoms with van der Waals surface area (Å²) in [6, 6.07) is 7.65. The molecule has 1 heterocycles. The molecule has 0 aliphatic carbocycles. The van der Waals surface area contributed by atoms with Crippen molar-refractivity contribution in [1.82, 2.24) is 4.98 Å². The number of nitrogens with zero attached hydrogens (tertiary/aromatic N) is 1.